The van der Waals surface area contributed by atoms with Crippen LogP contribution in [-0.2, 0) is 0 Å². The Hall–Kier alpha value is -4.39. The Labute approximate surface area is 178 Å². The molecule has 1 amide bonds. The van der Waals surface area contributed by atoms with Crippen molar-refractivity contribution in [1.82, 2.24) is 10.4 Å². The molecule has 0 atom stereocenters. The van der Waals surface area contributed by atoms with Gasteiger partial charge in [0.2, 0.25) is 0 Å². The Morgan fingerprint density at radius 3 is 2.52 bits per heavy atom. The van der Waals surface area contributed by atoms with Crippen LogP contribution in [0.25, 0.3) is 22.2 Å². The van der Waals surface area contributed by atoms with Crippen molar-refractivity contribution >= 4 is 28.7 Å². The van der Waals surface area contributed by atoms with Crippen molar-refractivity contribution in [2.24, 2.45) is 5.10 Å². The summed E-state index contributed by atoms with van der Waals surface area (Å²) < 4.78 is 0. The third kappa shape index (κ3) is 4.30. The predicted molar refractivity (Wildman–Crippen MR) is 120 cm³/mol. The summed E-state index contributed by atoms with van der Waals surface area (Å²) in [5.41, 5.74) is 6.49. The number of amides is 1. The van der Waals surface area contributed by atoms with Crippen LogP contribution in [-0.4, -0.2) is 22.0 Å². The van der Waals surface area contributed by atoms with E-state index in [9.17, 15) is 14.9 Å². The first-order valence-corrected chi connectivity index (χ1v) is 9.56. The van der Waals surface area contributed by atoms with E-state index in [0.29, 0.717) is 27.7 Å². The number of nitrogens with zero attached hydrogens (tertiary/aromatic N) is 3. The van der Waals surface area contributed by atoms with Crippen molar-refractivity contribution in [3.05, 3.63) is 106 Å². The van der Waals surface area contributed by atoms with Gasteiger partial charge in [-0.15, -0.1) is 0 Å². The first-order valence-electron chi connectivity index (χ1n) is 9.56. The second kappa shape index (κ2) is 8.54. The molecule has 0 unspecified atom stereocenters. The van der Waals surface area contributed by atoms with Gasteiger partial charge < -0.3 is 0 Å². The molecule has 1 heterocycles. The average molecular weight is 410 g/mol. The number of fused-ring (bicyclic) bond motifs is 1. The smallest absolute Gasteiger partial charge is 0.267 e. The third-order valence-electron chi connectivity index (χ3n) is 4.81. The average Bonchev–Trinajstić information content (AvgIpc) is 2.79. The van der Waals surface area contributed by atoms with Crippen LogP contribution in [0.1, 0.15) is 21.5 Å². The fourth-order valence-electron chi connectivity index (χ4n) is 3.22. The lowest BCUT2D eigenvalue weighted by Gasteiger charge is -2.09. The van der Waals surface area contributed by atoms with E-state index in [-0.39, 0.29) is 5.69 Å². The molecule has 0 bridgehead atoms. The molecule has 0 aliphatic heterocycles. The van der Waals surface area contributed by atoms with E-state index >= 15 is 0 Å². The van der Waals surface area contributed by atoms with Gasteiger partial charge in [-0.1, -0.05) is 60.2 Å². The summed E-state index contributed by atoms with van der Waals surface area (Å²) in [5.74, 6) is -0.429. The molecule has 4 aromatic rings. The van der Waals surface area contributed by atoms with Crippen molar-refractivity contribution in [2.75, 3.05) is 0 Å². The summed E-state index contributed by atoms with van der Waals surface area (Å²) in [7, 11) is 0. The van der Waals surface area contributed by atoms with Gasteiger partial charge in [-0.3, -0.25) is 14.9 Å². The molecule has 152 valence electrons. The van der Waals surface area contributed by atoms with Crippen molar-refractivity contribution in [2.45, 2.75) is 6.92 Å². The van der Waals surface area contributed by atoms with Gasteiger partial charge in [-0.25, -0.2) is 10.4 Å². The van der Waals surface area contributed by atoms with E-state index < -0.39 is 10.8 Å². The number of para-hydroxylation sites is 2. The molecule has 1 aromatic heterocycles. The lowest BCUT2D eigenvalue weighted by Crippen LogP contribution is -2.18. The van der Waals surface area contributed by atoms with Gasteiger partial charge in [0.15, 0.2) is 0 Å². The van der Waals surface area contributed by atoms with Crippen LogP contribution in [0.4, 0.5) is 5.69 Å². The molecular weight excluding hydrogens is 392 g/mol. The largest absolute Gasteiger partial charge is 0.278 e. The number of hydrogen-bond acceptors (Lipinski definition) is 5. The maximum atomic E-state index is 12.9. The van der Waals surface area contributed by atoms with Gasteiger partial charge in [-0.2, -0.15) is 5.10 Å². The molecule has 7 nitrogen and oxygen atoms in total. The fraction of sp³-hybridized carbons (Fsp3) is 0.0417. The number of carbonyl (C=O) groups is 1. The highest BCUT2D eigenvalue weighted by Crippen LogP contribution is 2.25. The zero-order valence-electron chi connectivity index (χ0n) is 16.6. The summed E-state index contributed by atoms with van der Waals surface area (Å²) in [6.07, 6.45) is 1.26. The van der Waals surface area contributed by atoms with E-state index in [2.05, 4.69) is 15.5 Å². The minimum absolute atomic E-state index is 0.0866. The Morgan fingerprint density at radius 2 is 1.74 bits per heavy atom. The van der Waals surface area contributed by atoms with Gasteiger partial charge in [0, 0.05) is 17.0 Å². The van der Waals surface area contributed by atoms with Crippen LogP contribution in [0.5, 0.6) is 0 Å². The lowest BCUT2D eigenvalue weighted by molar-refractivity contribution is -0.385. The molecule has 4 rings (SSSR count). The molecule has 0 saturated heterocycles. The normalized spacial score (nSPS) is 11.0. The molecule has 3 aromatic carbocycles. The molecule has 7 heteroatoms. The summed E-state index contributed by atoms with van der Waals surface area (Å²) in [4.78, 5) is 28.2. The van der Waals surface area contributed by atoms with Gasteiger partial charge >= 0.3 is 0 Å². The first-order chi connectivity index (χ1) is 15.0. The molecule has 0 radical (unpaired) electrons. The highest BCUT2D eigenvalue weighted by molar-refractivity contribution is 6.07. The third-order valence-corrected chi connectivity index (χ3v) is 4.81. The topological polar surface area (TPSA) is 97.5 Å². The predicted octanol–water partition coefficient (Wildman–Crippen LogP) is 4.88. The summed E-state index contributed by atoms with van der Waals surface area (Å²) in [5, 5.41) is 15.8. The fourth-order valence-corrected chi connectivity index (χ4v) is 3.22. The van der Waals surface area contributed by atoms with Gasteiger partial charge in [0.1, 0.15) is 0 Å². The Kier molecular flexibility index (Phi) is 5.49. The first kappa shape index (κ1) is 19.9. The van der Waals surface area contributed by atoms with Crippen molar-refractivity contribution < 1.29 is 9.72 Å². The van der Waals surface area contributed by atoms with E-state index in [0.717, 1.165) is 11.1 Å². The van der Waals surface area contributed by atoms with Crippen molar-refractivity contribution in [3.8, 4) is 11.3 Å². The number of nitro benzene ring substituents is 1. The lowest BCUT2D eigenvalue weighted by atomic mass is 10.0. The number of aromatic nitrogens is 1. The molecule has 31 heavy (non-hydrogen) atoms. The number of carbonyl (C=O) groups excluding carboxylic acids is 1. The maximum Gasteiger partial charge on any atom is 0.278 e. The van der Waals surface area contributed by atoms with E-state index in [1.165, 1.54) is 12.3 Å². The molecular formula is C24H18N4O3. The van der Waals surface area contributed by atoms with E-state index in [4.69, 9.17) is 0 Å². The molecule has 0 fully saturated rings. The van der Waals surface area contributed by atoms with Crippen LogP contribution in [0.15, 0.2) is 84.0 Å². The standard InChI is InChI=1S/C24H18N4O3/c1-16-10-12-17(13-11-16)22-14-20(19-7-3-4-8-21(19)26-22)24(29)27-25-15-18-6-2-5-9-23(18)28(30)31/h2-15H,1H3,(H,27,29)/b25-15+. The molecule has 0 aliphatic rings. The number of hydrazone groups is 1. The van der Waals surface area contributed by atoms with Crippen LogP contribution >= 0.6 is 0 Å². The molecule has 0 spiro atoms. The number of hydrogen-bond donors (Lipinski definition) is 1. The van der Waals surface area contributed by atoms with Gasteiger partial charge in [-0.05, 0) is 25.1 Å². The number of pyridine rings is 1. The molecule has 0 saturated carbocycles. The number of nitrogens with one attached hydrogen (secondary N) is 1. The van der Waals surface area contributed by atoms with Gasteiger partial charge in [0.25, 0.3) is 11.6 Å². The summed E-state index contributed by atoms with van der Waals surface area (Å²) in [6.45, 7) is 2.01. The molecule has 1 N–H and O–H groups in total. The number of rotatable bonds is 5. The van der Waals surface area contributed by atoms with Crippen molar-refractivity contribution in [3.63, 3.8) is 0 Å². The zero-order valence-corrected chi connectivity index (χ0v) is 16.6. The Balaban J connectivity index is 1.67. The van der Waals surface area contributed by atoms with Gasteiger partial charge in [0.05, 0.1) is 33.5 Å². The molecule has 0 aliphatic carbocycles. The van der Waals surface area contributed by atoms with E-state index in [1.807, 2.05) is 55.5 Å². The zero-order chi connectivity index (χ0) is 21.8. The Bertz CT molecular complexity index is 1310. The monoisotopic (exact) mass is 410 g/mol. The summed E-state index contributed by atoms with van der Waals surface area (Å²) >= 11 is 0. The highest BCUT2D eigenvalue weighted by Gasteiger charge is 2.14. The Morgan fingerprint density at radius 1 is 1.03 bits per heavy atom. The van der Waals surface area contributed by atoms with E-state index in [1.54, 1.807) is 24.3 Å². The second-order valence-electron chi connectivity index (χ2n) is 6.95. The number of nitro groups is 1. The summed E-state index contributed by atoms with van der Waals surface area (Å²) in [6, 6.07) is 23.2. The number of aryl methyl sites for hydroxylation is 1. The highest BCUT2D eigenvalue weighted by atomic mass is 16.6. The maximum absolute atomic E-state index is 12.9. The minimum atomic E-state index is -0.493. The quantitative estimate of drug-likeness (QED) is 0.288. The van der Waals surface area contributed by atoms with Crippen LogP contribution in [0.2, 0.25) is 0 Å². The second-order valence-corrected chi connectivity index (χ2v) is 6.95. The van der Waals surface area contributed by atoms with Crippen LogP contribution < -0.4 is 5.43 Å². The van der Waals surface area contributed by atoms with Crippen LogP contribution in [0, 0.1) is 17.0 Å². The number of benzene rings is 3. The van der Waals surface area contributed by atoms with Crippen LogP contribution in [0.3, 0.4) is 0 Å². The van der Waals surface area contributed by atoms with Crippen molar-refractivity contribution in [1.29, 1.82) is 0 Å². The minimum Gasteiger partial charge on any atom is -0.267 e. The SMILES string of the molecule is Cc1ccc(-c2cc(C(=O)N/N=C/c3ccccc3[N+](=O)[O-])c3ccccc3n2)cc1.